The molecule has 4 aromatic rings. The Morgan fingerprint density at radius 2 is 0.516 bits per heavy atom. The molecule has 4 rings (SSSR count). The van der Waals surface area contributed by atoms with E-state index in [1.54, 1.807) is 0 Å². The molecule has 0 amide bonds. The molecule has 0 unspecified atom stereocenters. The van der Waals surface area contributed by atoms with E-state index in [0.29, 0.717) is 0 Å². The van der Waals surface area contributed by atoms with Crippen molar-refractivity contribution >= 4 is 40.2 Å². The maximum Gasteiger partial charge on any atom is 2.00 e. The van der Waals surface area contributed by atoms with E-state index < -0.39 is 0 Å². The van der Waals surface area contributed by atoms with Crippen LogP contribution < -0.4 is 0 Å². The van der Waals surface area contributed by atoms with Gasteiger partial charge in [0, 0.05) is 0 Å². The van der Waals surface area contributed by atoms with Gasteiger partial charge in [-0.25, -0.2) is 0 Å². The average molecular weight is 451 g/mol. The van der Waals surface area contributed by atoms with Gasteiger partial charge in [0.2, 0.25) is 0 Å². The molecule has 152 valence electrons. The molecule has 0 fully saturated rings. The second-order valence-corrected chi connectivity index (χ2v) is 9.18. The summed E-state index contributed by atoms with van der Waals surface area (Å²) in [7, 11) is 2.95. The van der Waals surface area contributed by atoms with E-state index in [9.17, 15) is 0 Å². The molecular formula is C28H28MgP2. The second-order valence-electron chi connectivity index (χ2n) is 7.02. The first-order valence-corrected chi connectivity index (χ1v) is 12.9. The van der Waals surface area contributed by atoms with E-state index in [4.69, 9.17) is 0 Å². The van der Waals surface area contributed by atoms with Crippen LogP contribution in [-0.2, 0) is 24.6 Å². The molecule has 0 N–H and O–H groups in total. The molecule has 3 heteroatoms. The molecule has 0 radical (unpaired) electrons. The average Bonchev–Trinajstić information content (AvgIpc) is 2.82. The summed E-state index contributed by atoms with van der Waals surface area (Å²) in [6.45, 7) is 0. The summed E-state index contributed by atoms with van der Waals surface area (Å²) >= 11 is 0. The fourth-order valence-electron chi connectivity index (χ4n) is 2.96. The summed E-state index contributed by atoms with van der Waals surface area (Å²) in [5.41, 5.74) is 5.70. The van der Waals surface area contributed by atoms with Crippen LogP contribution in [0.25, 0.3) is 0 Å². The SMILES string of the molecule is [Mg+2].c1ccc(C[P-]Cc2ccccc2)cc1.c1ccc(C[P-]Cc2ccccc2)cc1. The summed E-state index contributed by atoms with van der Waals surface area (Å²) in [5.74, 6) is 0. The van der Waals surface area contributed by atoms with Crippen molar-refractivity contribution in [3.8, 4) is 0 Å². The first kappa shape index (κ1) is 25.8. The number of hydrogen-bond donors (Lipinski definition) is 0. The molecule has 0 aliphatic carbocycles. The van der Waals surface area contributed by atoms with Crippen LogP contribution in [-0.4, -0.2) is 23.1 Å². The van der Waals surface area contributed by atoms with E-state index >= 15 is 0 Å². The number of rotatable bonds is 8. The van der Waals surface area contributed by atoms with Gasteiger partial charge in [0.05, 0.1) is 0 Å². The van der Waals surface area contributed by atoms with Crippen LogP contribution >= 0.6 is 17.2 Å². The van der Waals surface area contributed by atoms with E-state index in [0.717, 1.165) is 24.6 Å². The Labute approximate surface area is 207 Å². The van der Waals surface area contributed by atoms with Crippen LogP contribution in [0.5, 0.6) is 0 Å². The zero-order valence-corrected chi connectivity index (χ0v) is 21.2. The number of hydrogen-bond acceptors (Lipinski definition) is 0. The molecule has 0 saturated heterocycles. The first-order chi connectivity index (χ1) is 14.9. The fraction of sp³-hybridized carbons (Fsp3) is 0.143. The minimum Gasteiger partial charge on any atom is -0.530 e. The van der Waals surface area contributed by atoms with Crippen LogP contribution in [0, 0.1) is 0 Å². The zero-order chi connectivity index (χ0) is 20.7. The normalized spacial score (nSPS) is 9.81. The molecule has 0 spiro atoms. The molecule has 0 nitrogen and oxygen atoms in total. The molecule has 0 heterocycles. The maximum atomic E-state index is 2.19. The van der Waals surface area contributed by atoms with Crippen molar-refractivity contribution in [2.45, 2.75) is 24.6 Å². The molecule has 4 aromatic carbocycles. The van der Waals surface area contributed by atoms with Gasteiger partial charge in [-0.15, -0.1) is 0 Å². The minimum absolute atomic E-state index is 0. The van der Waals surface area contributed by atoms with Crippen molar-refractivity contribution in [1.82, 2.24) is 0 Å². The fourth-order valence-corrected chi connectivity index (χ4v) is 5.06. The van der Waals surface area contributed by atoms with Crippen molar-refractivity contribution in [2.75, 3.05) is 0 Å². The minimum atomic E-state index is 0. The third-order valence-corrected chi connectivity index (χ3v) is 6.90. The zero-order valence-electron chi connectivity index (χ0n) is 18.0. The van der Waals surface area contributed by atoms with Crippen molar-refractivity contribution in [3.63, 3.8) is 0 Å². The van der Waals surface area contributed by atoms with E-state index in [-0.39, 0.29) is 23.1 Å². The first-order valence-electron chi connectivity index (χ1n) is 10.3. The van der Waals surface area contributed by atoms with Gasteiger partial charge in [0.15, 0.2) is 0 Å². The standard InChI is InChI=1S/2C14H14P.Mg/c2*1-3-7-13(8-4-1)11-15-12-14-9-5-2-6-10-14;/h2*1-10H,11-12H2;/q2*-1;+2. The van der Waals surface area contributed by atoms with Crippen molar-refractivity contribution < 1.29 is 0 Å². The van der Waals surface area contributed by atoms with Crippen molar-refractivity contribution in [3.05, 3.63) is 144 Å². The summed E-state index contributed by atoms with van der Waals surface area (Å²) in [6.07, 6.45) is 4.59. The third kappa shape index (κ3) is 11.1. The van der Waals surface area contributed by atoms with Crippen LogP contribution in [0.2, 0.25) is 0 Å². The van der Waals surface area contributed by atoms with Gasteiger partial charge in [0.1, 0.15) is 0 Å². The Balaban J connectivity index is 0.000000213. The van der Waals surface area contributed by atoms with Crippen LogP contribution in [0.1, 0.15) is 22.3 Å². The smallest absolute Gasteiger partial charge is 0.530 e. The Morgan fingerprint density at radius 3 is 0.710 bits per heavy atom. The topological polar surface area (TPSA) is 0 Å². The quantitative estimate of drug-likeness (QED) is 0.187. The second kappa shape index (κ2) is 16.2. The van der Waals surface area contributed by atoms with Gasteiger partial charge in [-0.2, -0.15) is 24.6 Å². The van der Waals surface area contributed by atoms with Gasteiger partial charge in [-0.05, 0) is 0 Å². The van der Waals surface area contributed by atoms with Crippen molar-refractivity contribution in [1.29, 1.82) is 0 Å². The predicted octanol–water partition coefficient (Wildman–Crippen LogP) is 8.29. The predicted molar refractivity (Wildman–Crippen MR) is 140 cm³/mol. The monoisotopic (exact) mass is 450 g/mol. The summed E-state index contributed by atoms with van der Waals surface area (Å²) in [6, 6.07) is 42.6. The van der Waals surface area contributed by atoms with Gasteiger partial charge in [-0.1, -0.05) is 144 Å². The van der Waals surface area contributed by atoms with Gasteiger partial charge in [0.25, 0.3) is 0 Å². The third-order valence-electron chi connectivity index (χ3n) is 4.55. The van der Waals surface area contributed by atoms with E-state index in [2.05, 4.69) is 121 Å². The summed E-state index contributed by atoms with van der Waals surface area (Å²) in [4.78, 5) is 0. The molecular weight excluding hydrogens is 423 g/mol. The summed E-state index contributed by atoms with van der Waals surface area (Å²) < 4.78 is 0. The van der Waals surface area contributed by atoms with Crippen molar-refractivity contribution in [2.24, 2.45) is 0 Å². The molecule has 0 saturated carbocycles. The van der Waals surface area contributed by atoms with Crippen LogP contribution in [0.15, 0.2) is 121 Å². The Hall–Kier alpha value is -1.49. The van der Waals surface area contributed by atoms with Crippen LogP contribution in [0.4, 0.5) is 0 Å². The van der Waals surface area contributed by atoms with Crippen LogP contribution in [0.3, 0.4) is 0 Å². The molecule has 0 aromatic heterocycles. The molecule has 0 atom stereocenters. The van der Waals surface area contributed by atoms with Gasteiger partial charge in [-0.3, -0.25) is 0 Å². The molecule has 31 heavy (non-hydrogen) atoms. The van der Waals surface area contributed by atoms with Gasteiger partial charge < -0.3 is 17.2 Å². The Bertz CT molecular complexity index is 770. The van der Waals surface area contributed by atoms with E-state index in [1.807, 2.05) is 0 Å². The molecule has 0 aliphatic heterocycles. The van der Waals surface area contributed by atoms with E-state index in [1.165, 1.54) is 39.4 Å². The van der Waals surface area contributed by atoms with Gasteiger partial charge >= 0.3 is 23.1 Å². The Morgan fingerprint density at radius 1 is 0.323 bits per heavy atom. The summed E-state index contributed by atoms with van der Waals surface area (Å²) in [5, 5.41) is 0. The Kier molecular flexibility index (Phi) is 13.5. The number of benzene rings is 4. The maximum absolute atomic E-state index is 2.19. The molecule has 0 bridgehead atoms. The largest absolute Gasteiger partial charge is 2.00 e. The molecule has 0 aliphatic rings.